The summed E-state index contributed by atoms with van der Waals surface area (Å²) in [5.41, 5.74) is 8.09. The van der Waals surface area contributed by atoms with Gasteiger partial charge in [-0.1, -0.05) is 45.1 Å². The van der Waals surface area contributed by atoms with Crippen LogP contribution in [0.5, 0.6) is 0 Å². The van der Waals surface area contributed by atoms with Crippen LogP contribution < -0.4 is 5.73 Å². The Balaban J connectivity index is 0.000000336. The van der Waals surface area contributed by atoms with Gasteiger partial charge < -0.3 is 15.1 Å². The molecule has 0 unspecified atom stereocenters. The molecule has 7 nitrogen and oxygen atoms in total. The molecule has 1 aromatic carbocycles. The minimum absolute atomic E-state index is 0.000801. The Morgan fingerprint density at radius 2 is 1.97 bits per heavy atom. The normalized spacial score (nSPS) is 19.5. The van der Waals surface area contributed by atoms with Crippen LogP contribution in [0.2, 0.25) is 0 Å². The maximum Gasteiger partial charge on any atom is 0.254 e. The van der Waals surface area contributed by atoms with E-state index in [4.69, 9.17) is 10.2 Å². The molecule has 1 saturated heterocycles. The molecule has 2 aliphatic rings. The lowest BCUT2D eigenvalue weighted by atomic mass is 9.91. The van der Waals surface area contributed by atoms with Crippen LogP contribution in [0.25, 0.3) is 11.5 Å². The average Bonchev–Trinajstić information content (AvgIpc) is 3.60. The topological polar surface area (TPSA) is 98.1 Å². The van der Waals surface area contributed by atoms with Crippen LogP contribution in [-0.4, -0.2) is 32.5 Å². The summed E-state index contributed by atoms with van der Waals surface area (Å²) in [4.78, 5) is 19.6. The molecule has 1 aliphatic carbocycles. The number of hydrogen-bond donors (Lipinski definition) is 1. The number of thiazole rings is 1. The molecule has 182 valence electrons. The van der Waals surface area contributed by atoms with Gasteiger partial charge in [-0.25, -0.2) is 4.98 Å². The second-order valence-corrected chi connectivity index (χ2v) is 10.4. The molecule has 2 atom stereocenters. The van der Waals surface area contributed by atoms with Gasteiger partial charge in [-0.3, -0.25) is 4.79 Å². The number of nitrogens with zero attached hydrogens (tertiary/aromatic N) is 4. The zero-order valence-electron chi connectivity index (χ0n) is 20.4. The predicted octanol–water partition coefficient (Wildman–Crippen LogP) is 6.09. The first kappa shape index (κ1) is 24.5. The van der Waals surface area contributed by atoms with Gasteiger partial charge in [0.2, 0.25) is 11.8 Å². The minimum atomic E-state index is -0.330. The highest BCUT2D eigenvalue weighted by molar-refractivity contribution is 7.09. The highest BCUT2D eigenvalue weighted by Gasteiger charge is 2.32. The van der Waals surface area contributed by atoms with Gasteiger partial charge >= 0.3 is 0 Å². The number of aromatic nitrogens is 3. The number of carbonyl (C=O) groups excluding carboxylic acids is 1. The first-order valence-corrected chi connectivity index (χ1v) is 13.2. The summed E-state index contributed by atoms with van der Waals surface area (Å²) >= 11 is 1.62. The van der Waals surface area contributed by atoms with Crippen LogP contribution in [-0.2, 0) is 0 Å². The number of carbonyl (C=O) groups is 1. The van der Waals surface area contributed by atoms with Crippen LogP contribution in [0.3, 0.4) is 0 Å². The van der Waals surface area contributed by atoms with Gasteiger partial charge in [-0.2, -0.15) is 0 Å². The lowest BCUT2D eigenvalue weighted by Crippen LogP contribution is -2.30. The summed E-state index contributed by atoms with van der Waals surface area (Å²) in [5, 5.41) is 11.0. The third-order valence-corrected chi connectivity index (χ3v) is 7.58. The summed E-state index contributed by atoms with van der Waals surface area (Å²) in [6.07, 6.45) is 9.36. The van der Waals surface area contributed by atoms with E-state index in [0.717, 1.165) is 36.0 Å². The second-order valence-electron chi connectivity index (χ2n) is 9.54. The van der Waals surface area contributed by atoms with Gasteiger partial charge in [0.05, 0.1) is 12.1 Å². The van der Waals surface area contributed by atoms with Crippen molar-refractivity contribution in [3.8, 4) is 11.5 Å². The highest BCUT2D eigenvalue weighted by atomic mass is 32.1. The first-order chi connectivity index (χ1) is 16.4. The molecule has 5 rings (SSSR count). The van der Waals surface area contributed by atoms with Crippen molar-refractivity contribution < 1.29 is 9.21 Å². The molecular weight excluding hydrogens is 446 g/mol. The molecule has 1 amide bonds. The van der Waals surface area contributed by atoms with Crippen molar-refractivity contribution in [2.45, 2.75) is 77.8 Å². The number of rotatable bonds is 4. The zero-order valence-corrected chi connectivity index (χ0v) is 21.2. The summed E-state index contributed by atoms with van der Waals surface area (Å²) in [7, 11) is 0. The largest absolute Gasteiger partial charge is 0.419 e. The van der Waals surface area contributed by atoms with Gasteiger partial charge in [0, 0.05) is 28.7 Å². The zero-order chi connectivity index (χ0) is 24.1. The molecule has 0 bridgehead atoms. The van der Waals surface area contributed by atoms with Crippen molar-refractivity contribution in [2.24, 2.45) is 11.7 Å². The van der Waals surface area contributed by atoms with Crippen molar-refractivity contribution in [1.82, 2.24) is 20.1 Å². The standard InChI is InChI=1S/C19H21N5O2S.C7H14/c1-11-10-27-18(21-11)15-7-4-8-24(15)19(25)14-6-3-5-13(9-14)17-23-22-16(26-17)12(2)20;1-7-5-3-2-4-6-7/h3,5-6,9-10,12,15H,4,7-8,20H2,1-2H3;7H,2-6H2,1H3/t12-,15+;/m0./s1. The van der Waals surface area contributed by atoms with Crippen molar-refractivity contribution in [3.63, 3.8) is 0 Å². The van der Waals surface area contributed by atoms with E-state index in [-0.39, 0.29) is 18.0 Å². The molecule has 1 aliphatic heterocycles. The van der Waals surface area contributed by atoms with Crippen molar-refractivity contribution in [2.75, 3.05) is 6.54 Å². The van der Waals surface area contributed by atoms with Gasteiger partial charge in [-0.05, 0) is 50.8 Å². The maximum absolute atomic E-state index is 13.2. The Hall–Kier alpha value is -2.58. The lowest BCUT2D eigenvalue weighted by Gasteiger charge is -2.23. The molecule has 2 fully saturated rings. The average molecular weight is 482 g/mol. The fourth-order valence-electron chi connectivity index (χ4n) is 4.58. The molecule has 2 N–H and O–H groups in total. The molecule has 2 aromatic heterocycles. The Kier molecular flexibility index (Phi) is 8.11. The van der Waals surface area contributed by atoms with Crippen molar-refractivity contribution in [1.29, 1.82) is 0 Å². The number of aryl methyl sites for hydroxylation is 1. The molecule has 8 heteroatoms. The van der Waals surface area contributed by atoms with E-state index in [1.165, 1.54) is 32.1 Å². The molecule has 34 heavy (non-hydrogen) atoms. The summed E-state index contributed by atoms with van der Waals surface area (Å²) < 4.78 is 5.60. The van der Waals surface area contributed by atoms with Gasteiger partial charge in [-0.15, -0.1) is 21.5 Å². The summed E-state index contributed by atoms with van der Waals surface area (Å²) in [6.45, 7) is 6.86. The van der Waals surface area contributed by atoms with Crippen LogP contribution in [0.4, 0.5) is 0 Å². The Morgan fingerprint density at radius 3 is 2.59 bits per heavy atom. The van der Waals surface area contributed by atoms with E-state index in [1.807, 2.05) is 35.4 Å². The van der Waals surface area contributed by atoms with Crippen LogP contribution in [0.1, 0.15) is 97.8 Å². The second kappa shape index (κ2) is 11.2. The van der Waals surface area contributed by atoms with Gasteiger partial charge in [0.25, 0.3) is 5.91 Å². The van der Waals surface area contributed by atoms with Gasteiger partial charge in [0.15, 0.2) is 0 Å². The Bertz CT molecular complexity index is 1090. The van der Waals surface area contributed by atoms with Crippen LogP contribution >= 0.6 is 11.3 Å². The monoisotopic (exact) mass is 481 g/mol. The molecular formula is C26H35N5O2S. The van der Waals surface area contributed by atoms with E-state index in [0.29, 0.717) is 22.9 Å². The fourth-order valence-corrected chi connectivity index (χ4v) is 5.53. The van der Waals surface area contributed by atoms with Crippen LogP contribution in [0.15, 0.2) is 34.1 Å². The Morgan fingerprint density at radius 1 is 1.18 bits per heavy atom. The fraction of sp³-hybridized carbons (Fsp3) is 0.538. The molecule has 0 spiro atoms. The molecule has 3 aromatic rings. The SMILES string of the molecule is CC1CCCCC1.Cc1csc([C@H]2CCCN2C(=O)c2cccc(-c3nnc([C@H](C)N)o3)c2)n1. The van der Waals surface area contributed by atoms with Gasteiger partial charge in [0.1, 0.15) is 5.01 Å². The number of benzene rings is 1. The van der Waals surface area contributed by atoms with E-state index < -0.39 is 0 Å². The number of likely N-dealkylation sites (tertiary alicyclic amines) is 1. The lowest BCUT2D eigenvalue weighted by molar-refractivity contribution is 0.0735. The smallest absolute Gasteiger partial charge is 0.254 e. The number of nitrogens with two attached hydrogens (primary N) is 1. The summed E-state index contributed by atoms with van der Waals surface area (Å²) in [5.74, 6) is 1.78. The predicted molar refractivity (Wildman–Crippen MR) is 134 cm³/mol. The molecule has 3 heterocycles. The highest BCUT2D eigenvalue weighted by Crippen LogP contribution is 2.35. The summed E-state index contributed by atoms with van der Waals surface area (Å²) in [6, 6.07) is 7.01. The van der Waals surface area contributed by atoms with Crippen molar-refractivity contribution >= 4 is 17.2 Å². The Labute approximate surface area is 205 Å². The number of amides is 1. The molecule has 0 radical (unpaired) electrons. The third kappa shape index (κ3) is 5.91. The van der Waals surface area contributed by atoms with Crippen molar-refractivity contribution in [3.05, 3.63) is 51.8 Å². The quantitative estimate of drug-likeness (QED) is 0.484. The maximum atomic E-state index is 13.2. The van der Waals surface area contributed by atoms with E-state index in [1.54, 1.807) is 24.3 Å². The minimum Gasteiger partial charge on any atom is -0.419 e. The van der Waals surface area contributed by atoms with E-state index in [2.05, 4.69) is 22.1 Å². The third-order valence-electron chi connectivity index (χ3n) is 6.52. The van der Waals surface area contributed by atoms with E-state index in [9.17, 15) is 4.79 Å². The molecule has 1 saturated carbocycles. The number of hydrogen-bond acceptors (Lipinski definition) is 7. The van der Waals surface area contributed by atoms with E-state index >= 15 is 0 Å². The first-order valence-electron chi connectivity index (χ1n) is 12.3. The van der Waals surface area contributed by atoms with Crippen LogP contribution in [0, 0.1) is 12.8 Å².